The number of likely N-dealkylation sites (tertiary alicyclic amines) is 1. The minimum atomic E-state index is 0.136. The zero-order valence-electron chi connectivity index (χ0n) is 17.5. The first-order chi connectivity index (χ1) is 14.5. The van der Waals surface area contributed by atoms with Crippen LogP contribution in [0.3, 0.4) is 0 Å². The average molecular weight is 443 g/mol. The lowest BCUT2D eigenvalue weighted by molar-refractivity contribution is -0.129. The number of carbonyl (C=O) groups excluding carboxylic acids is 1. The molecule has 1 N–H and O–H groups in total. The summed E-state index contributed by atoms with van der Waals surface area (Å²) in [6.45, 7) is 5.68. The van der Waals surface area contributed by atoms with Gasteiger partial charge in [0.2, 0.25) is 5.91 Å². The van der Waals surface area contributed by atoms with Crippen LogP contribution in [0.5, 0.6) is 0 Å². The van der Waals surface area contributed by atoms with E-state index in [4.69, 9.17) is 12.2 Å². The third kappa shape index (κ3) is 4.09. The fraction of sp³-hybridized carbons (Fsp3) is 0.429. The molecule has 0 saturated carbocycles. The normalized spacial score (nSPS) is 16.8. The van der Waals surface area contributed by atoms with Gasteiger partial charge in [0.15, 0.2) is 9.93 Å². The standard InChI is InChI=1S/C21H26N6OS2/c1-14-6-4-8-17(15(14)2)27-11-9-22-21(27)30-13-18(28)26-10-5-7-16(12-26)19-23-24-20(29)25(19)3/h4,6,8-9,11,16H,5,7,10,12-13H2,1-3H3,(H,24,29). The van der Waals surface area contributed by atoms with Gasteiger partial charge < -0.3 is 9.47 Å². The summed E-state index contributed by atoms with van der Waals surface area (Å²) < 4.78 is 4.58. The molecule has 0 bridgehead atoms. The third-order valence-corrected chi connectivity index (χ3v) is 7.14. The lowest BCUT2D eigenvalue weighted by Crippen LogP contribution is -2.40. The summed E-state index contributed by atoms with van der Waals surface area (Å²) >= 11 is 6.72. The van der Waals surface area contributed by atoms with Crippen molar-refractivity contribution < 1.29 is 4.79 Å². The monoisotopic (exact) mass is 442 g/mol. The molecule has 1 saturated heterocycles. The van der Waals surface area contributed by atoms with Gasteiger partial charge in [-0.05, 0) is 56.1 Å². The Balaban J connectivity index is 1.43. The fourth-order valence-electron chi connectivity index (χ4n) is 3.93. The molecule has 0 spiro atoms. The number of aromatic amines is 1. The first-order valence-electron chi connectivity index (χ1n) is 10.1. The second-order valence-electron chi connectivity index (χ2n) is 7.71. The van der Waals surface area contributed by atoms with Crippen molar-refractivity contribution in [3.63, 3.8) is 0 Å². The first-order valence-corrected chi connectivity index (χ1v) is 11.5. The fourth-order valence-corrected chi connectivity index (χ4v) is 4.94. The Hall–Kier alpha value is -2.39. The molecule has 7 nitrogen and oxygen atoms in total. The van der Waals surface area contributed by atoms with Gasteiger partial charge in [0.1, 0.15) is 5.82 Å². The van der Waals surface area contributed by atoms with Crippen LogP contribution in [0.25, 0.3) is 5.69 Å². The van der Waals surface area contributed by atoms with Crippen LogP contribution in [0.1, 0.15) is 35.7 Å². The van der Waals surface area contributed by atoms with Crippen molar-refractivity contribution in [1.82, 2.24) is 29.2 Å². The molecule has 1 unspecified atom stereocenters. The lowest BCUT2D eigenvalue weighted by atomic mass is 9.97. The highest BCUT2D eigenvalue weighted by Gasteiger charge is 2.27. The van der Waals surface area contributed by atoms with Gasteiger partial charge in [-0.25, -0.2) is 4.98 Å². The predicted octanol–water partition coefficient (Wildman–Crippen LogP) is 3.78. The van der Waals surface area contributed by atoms with E-state index in [-0.39, 0.29) is 11.8 Å². The number of carbonyl (C=O) groups is 1. The van der Waals surface area contributed by atoms with E-state index in [9.17, 15) is 4.79 Å². The number of H-pyrrole nitrogens is 1. The van der Waals surface area contributed by atoms with Crippen molar-refractivity contribution in [3.05, 3.63) is 52.3 Å². The molecule has 1 amide bonds. The number of piperidine rings is 1. The molecule has 4 rings (SSSR count). The molecule has 1 aliphatic heterocycles. The van der Waals surface area contributed by atoms with E-state index in [0.29, 0.717) is 17.1 Å². The van der Waals surface area contributed by atoms with Crippen LogP contribution >= 0.6 is 24.0 Å². The van der Waals surface area contributed by atoms with Gasteiger partial charge in [-0.1, -0.05) is 23.9 Å². The predicted molar refractivity (Wildman–Crippen MR) is 121 cm³/mol. The molecule has 3 heterocycles. The molecule has 30 heavy (non-hydrogen) atoms. The Morgan fingerprint density at radius 3 is 2.97 bits per heavy atom. The van der Waals surface area contributed by atoms with Crippen LogP contribution in [0.15, 0.2) is 35.7 Å². The maximum absolute atomic E-state index is 12.9. The van der Waals surface area contributed by atoms with E-state index in [1.807, 2.05) is 22.7 Å². The van der Waals surface area contributed by atoms with Crippen LogP contribution in [0.4, 0.5) is 0 Å². The summed E-state index contributed by atoms with van der Waals surface area (Å²) in [6.07, 6.45) is 5.73. The second kappa shape index (κ2) is 8.77. The summed E-state index contributed by atoms with van der Waals surface area (Å²) in [5.74, 6) is 1.64. The molecule has 0 aliphatic carbocycles. The Kier molecular flexibility index (Phi) is 6.10. The molecule has 2 aromatic heterocycles. The molecule has 1 aromatic carbocycles. The lowest BCUT2D eigenvalue weighted by Gasteiger charge is -2.32. The molecular weight excluding hydrogens is 416 g/mol. The minimum Gasteiger partial charge on any atom is -0.341 e. The quantitative estimate of drug-likeness (QED) is 0.481. The van der Waals surface area contributed by atoms with Gasteiger partial charge in [0, 0.05) is 38.4 Å². The van der Waals surface area contributed by atoms with Crippen molar-refractivity contribution in [1.29, 1.82) is 0 Å². The molecule has 9 heteroatoms. The molecule has 1 fully saturated rings. The number of rotatable bonds is 5. The van der Waals surface area contributed by atoms with Crippen LogP contribution < -0.4 is 0 Å². The number of hydrogen-bond donors (Lipinski definition) is 1. The van der Waals surface area contributed by atoms with Gasteiger partial charge in [0.05, 0.1) is 11.4 Å². The average Bonchev–Trinajstić information content (AvgIpc) is 3.35. The number of nitrogens with zero attached hydrogens (tertiary/aromatic N) is 5. The highest BCUT2D eigenvalue weighted by atomic mass is 32.2. The SMILES string of the molecule is Cc1cccc(-n2ccnc2SCC(=O)N2CCCC(c3n[nH]c(=S)n3C)C2)c1C. The first kappa shape index (κ1) is 20.9. The molecule has 158 valence electrons. The van der Waals surface area contributed by atoms with Crippen LogP contribution in [-0.4, -0.2) is 54.0 Å². The number of hydrogen-bond acceptors (Lipinski definition) is 5. The Bertz CT molecular complexity index is 1110. The summed E-state index contributed by atoms with van der Waals surface area (Å²) in [5, 5.41) is 8.05. The number of amides is 1. The number of aryl methyl sites for hydroxylation is 1. The van der Waals surface area contributed by atoms with Crippen LogP contribution in [0, 0.1) is 18.6 Å². The summed E-state index contributed by atoms with van der Waals surface area (Å²) in [5.41, 5.74) is 3.56. The molecule has 3 aromatic rings. The van der Waals surface area contributed by atoms with Gasteiger partial charge in [-0.3, -0.25) is 14.5 Å². The minimum absolute atomic E-state index is 0.136. The highest BCUT2D eigenvalue weighted by Crippen LogP contribution is 2.28. The number of imidazole rings is 1. The second-order valence-corrected chi connectivity index (χ2v) is 9.04. The number of aromatic nitrogens is 5. The Labute approximate surface area is 185 Å². The van der Waals surface area contributed by atoms with E-state index in [1.165, 1.54) is 22.9 Å². The third-order valence-electron chi connectivity index (χ3n) is 5.82. The summed E-state index contributed by atoms with van der Waals surface area (Å²) in [6, 6.07) is 6.24. The van der Waals surface area contributed by atoms with Crippen molar-refractivity contribution in [3.8, 4) is 5.69 Å². The number of nitrogens with one attached hydrogen (secondary N) is 1. The van der Waals surface area contributed by atoms with Crippen molar-refractivity contribution in [2.45, 2.75) is 37.8 Å². The topological polar surface area (TPSA) is 71.7 Å². The molecular formula is C21H26N6OS2. The van der Waals surface area contributed by atoms with E-state index in [2.05, 4.69) is 51.8 Å². The van der Waals surface area contributed by atoms with Gasteiger partial charge >= 0.3 is 0 Å². The van der Waals surface area contributed by atoms with Crippen molar-refractivity contribution >= 4 is 29.9 Å². The Morgan fingerprint density at radius 1 is 1.37 bits per heavy atom. The molecule has 1 atom stereocenters. The van der Waals surface area contributed by atoms with E-state index >= 15 is 0 Å². The van der Waals surface area contributed by atoms with Gasteiger partial charge in [-0.2, -0.15) is 5.10 Å². The summed E-state index contributed by atoms with van der Waals surface area (Å²) in [4.78, 5) is 19.4. The van der Waals surface area contributed by atoms with Crippen molar-refractivity contribution in [2.75, 3.05) is 18.8 Å². The molecule has 1 aliphatic rings. The van der Waals surface area contributed by atoms with Gasteiger partial charge in [-0.15, -0.1) is 0 Å². The van der Waals surface area contributed by atoms with E-state index in [0.717, 1.165) is 36.1 Å². The maximum atomic E-state index is 12.9. The molecule has 0 radical (unpaired) electrons. The van der Waals surface area contributed by atoms with E-state index < -0.39 is 0 Å². The zero-order valence-corrected chi connectivity index (χ0v) is 19.1. The smallest absolute Gasteiger partial charge is 0.233 e. The Morgan fingerprint density at radius 2 is 2.20 bits per heavy atom. The summed E-state index contributed by atoms with van der Waals surface area (Å²) in [7, 11) is 1.92. The van der Waals surface area contributed by atoms with Crippen LogP contribution in [-0.2, 0) is 11.8 Å². The largest absolute Gasteiger partial charge is 0.341 e. The van der Waals surface area contributed by atoms with Crippen molar-refractivity contribution in [2.24, 2.45) is 7.05 Å². The number of benzene rings is 1. The number of thioether (sulfide) groups is 1. The van der Waals surface area contributed by atoms with E-state index in [1.54, 1.807) is 6.20 Å². The van der Waals surface area contributed by atoms with Crippen LogP contribution in [0.2, 0.25) is 0 Å². The van der Waals surface area contributed by atoms with Gasteiger partial charge in [0.25, 0.3) is 0 Å². The highest BCUT2D eigenvalue weighted by molar-refractivity contribution is 7.99. The maximum Gasteiger partial charge on any atom is 0.233 e. The zero-order chi connectivity index (χ0) is 21.3.